The topological polar surface area (TPSA) is 111 Å². The van der Waals surface area contributed by atoms with Gasteiger partial charge in [0.15, 0.2) is 0 Å². The number of halogens is 9. The van der Waals surface area contributed by atoms with Crippen LogP contribution in [0.15, 0.2) is 176 Å². The fourth-order valence-corrected chi connectivity index (χ4v) is 8.75. The van der Waals surface area contributed by atoms with Crippen molar-refractivity contribution in [3.63, 3.8) is 0 Å². The first-order valence-electron chi connectivity index (χ1n) is 22.9. The number of amides is 2. The Kier molecular flexibility index (Phi) is 25.1. The first kappa shape index (κ1) is 60.8. The van der Waals surface area contributed by atoms with Crippen molar-refractivity contribution in [2.75, 3.05) is 9.80 Å². The van der Waals surface area contributed by atoms with Crippen LogP contribution in [0.1, 0.15) is 77.8 Å². The second kappa shape index (κ2) is 30.6. The van der Waals surface area contributed by atoms with Crippen LogP contribution in [0, 0.1) is 35.1 Å². The third-order valence-corrected chi connectivity index (χ3v) is 12.4. The Morgan fingerprint density at radius 2 is 0.865 bits per heavy atom. The number of hydrogen-bond acceptors (Lipinski definition) is 6. The summed E-state index contributed by atoms with van der Waals surface area (Å²) in [5, 5.41) is 30.7. The molecule has 3 N–H and O–H groups in total. The van der Waals surface area contributed by atoms with Gasteiger partial charge in [0, 0.05) is 11.4 Å². The van der Waals surface area contributed by atoms with E-state index in [0.29, 0.717) is 64.3 Å². The van der Waals surface area contributed by atoms with Crippen LogP contribution in [-0.4, -0.2) is 27.1 Å². The maximum absolute atomic E-state index is 13.5. The zero-order chi connectivity index (χ0) is 53.3. The number of phenolic OH excluding ortho intramolecular Hbond substituents is 1. The third-order valence-electron chi connectivity index (χ3n) is 12.4. The van der Waals surface area contributed by atoms with Gasteiger partial charge in [-0.15, -0.1) is 0 Å². The van der Waals surface area contributed by atoms with Crippen molar-refractivity contribution >= 4 is 123 Å². The van der Waals surface area contributed by atoms with Gasteiger partial charge in [-0.25, -0.2) is 17.6 Å². The monoisotopic (exact) mass is 1640 g/mol. The van der Waals surface area contributed by atoms with Crippen molar-refractivity contribution in [2.45, 2.75) is 56.6 Å². The summed E-state index contributed by atoms with van der Waals surface area (Å²) in [5.74, 6) is -1.54. The molecule has 8 nitrogen and oxygen atoms in total. The van der Waals surface area contributed by atoms with Crippen LogP contribution < -0.4 is 14.5 Å². The Morgan fingerprint density at radius 1 is 0.527 bits per heavy atom. The number of aromatic hydroxyl groups is 1. The summed E-state index contributed by atoms with van der Waals surface area (Å²) in [7, 11) is 0.628. The summed E-state index contributed by atoms with van der Waals surface area (Å²) in [6.45, 7) is 0.452. The molecule has 2 saturated heterocycles. The maximum atomic E-state index is 13.5. The van der Waals surface area contributed by atoms with Crippen molar-refractivity contribution in [3.05, 3.63) is 227 Å². The van der Waals surface area contributed by atoms with E-state index in [9.17, 15) is 42.5 Å². The molecule has 0 saturated carbocycles. The Bertz CT molecular complexity index is 2830. The second-order valence-electron chi connectivity index (χ2n) is 17.0. The van der Waals surface area contributed by atoms with E-state index in [1.165, 1.54) is 60.7 Å². The van der Waals surface area contributed by atoms with Gasteiger partial charge in [0.05, 0.1) is 36.1 Å². The number of rotatable bonds is 15. The SMILES string of the molecule is O=C1[C@H](CC[C@H](O)c2ccc(F)cc2)[C@@H](c2ccc(O)cc2)N1c1ccc(F)cc1.O=C1[C@H](CC[C@H](O)c2ccc(F)cc2)[C@@H](c2ccc(OCc3ccccc3)cc2)N1c1ccc(F)cc1.[I][V]([I])[I].[I][V][I]. The zero-order valence-corrected chi connectivity index (χ0v) is 52.6. The third kappa shape index (κ3) is 17.5. The Morgan fingerprint density at radius 3 is 1.23 bits per heavy atom. The standard InChI is InChI=1S/C31H27F2NO3.C24H21F2NO3.5HI.2V/c32-24-10-6-22(7-11-24)29(35)19-18-28-30(34(31(28)36)26-14-12-25(33)13-15-26)23-8-16-27(17-9-23)37-20-21-4-2-1-3-5-21;25-17-5-1-15(2-6-17)22(29)14-13-21-23(16-3-11-20(28)12-4-16)27(24(21)30)19-9-7-18(26)8-10-19;;;;;;;/h1-17,28-30,35H,18-20H2;1-12,21-23,28-29H,13-14H2;5*1H;;/q;;;;;;;+2;+3/p-5/t28-,29+,30-;21-,22+,23-;;;;;;;/m11......./s1. The van der Waals surface area contributed by atoms with Crippen LogP contribution in [0.5, 0.6) is 11.5 Å². The molecule has 9 rings (SSSR count). The van der Waals surface area contributed by atoms with Gasteiger partial charge in [-0.3, -0.25) is 9.59 Å². The van der Waals surface area contributed by atoms with Crippen molar-refractivity contribution in [3.8, 4) is 11.5 Å². The van der Waals surface area contributed by atoms with Gasteiger partial charge in [-0.05, 0) is 151 Å². The summed E-state index contributed by atoms with van der Waals surface area (Å²) >= 11 is 12.1. The summed E-state index contributed by atoms with van der Waals surface area (Å²) in [4.78, 5) is 29.2. The van der Waals surface area contributed by atoms with Crippen LogP contribution in [0.3, 0.4) is 0 Å². The molecular formula is C55H48F4I5N2O6V2. The van der Waals surface area contributed by atoms with E-state index < -0.39 is 12.2 Å². The number of phenols is 1. The van der Waals surface area contributed by atoms with Crippen molar-refractivity contribution in [2.24, 2.45) is 11.8 Å². The number of anilines is 2. The molecule has 2 fully saturated rings. The van der Waals surface area contributed by atoms with Crippen LogP contribution >= 0.6 is 99.9 Å². The van der Waals surface area contributed by atoms with Crippen LogP contribution in [0.2, 0.25) is 0 Å². The molecule has 2 heterocycles. The van der Waals surface area contributed by atoms with Gasteiger partial charge < -0.3 is 29.9 Å². The molecule has 0 radical (unpaired) electrons. The molecule has 7 aromatic carbocycles. The molecule has 6 atom stereocenters. The average Bonchev–Trinajstić information content (AvgIpc) is 3.39. The fraction of sp³-hybridized carbons (Fsp3) is 0.200. The minimum absolute atomic E-state index is 0.0766. The number of hydrogen-bond donors (Lipinski definition) is 3. The Hall–Kier alpha value is -2.46. The van der Waals surface area contributed by atoms with Gasteiger partial charge in [0.25, 0.3) is 0 Å². The van der Waals surface area contributed by atoms with Crippen LogP contribution in [-0.2, 0) is 30.6 Å². The van der Waals surface area contributed by atoms with Gasteiger partial charge in [-0.1, -0.05) is 78.9 Å². The number of carbonyl (C=O) groups excluding carboxylic acids is 2. The normalized spacial score (nSPS) is 17.5. The molecule has 19 heteroatoms. The van der Waals surface area contributed by atoms with Gasteiger partial charge in [-0.2, -0.15) is 0 Å². The van der Waals surface area contributed by atoms with E-state index in [1.807, 2.05) is 54.6 Å². The quantitative estimate of drug-likeness (QED) is 0.0536. The Labute approximate surface area is 495 Å². The minimum atomic E-state index is -0.807. The Balaban J connectivity index is 0.000000218. The summed E-state index contributed by atoms with van der Waals surface area (Å²) in [5.41, 5.74) is 5.26. The molecule has 2 aliphatic heterocycles. The van der Waals surface area contributed by atoms with E-state index in [1.54, 1.807) is 70.5 Å². The van der Waals surface area contributed by atoms with Crippen molar-refractivity contribution in [1.29, 1.82) is 0 Å². The number of carbonyl (C=O) groups is 2. The molecular weight excluding hydrogens is 1600 g/mol. The van der Waals surface area contributed by atoms with E-state index in [2.05, 4.69) is 99.9 Å². The molecule has 2 amide bonds. The predicted molar refractivity (Wildman–Crippen MR) is 317 cm³/mol. The number of benzene rings is 7. The van der Waals surface area contributed by atoms with E-state index in [0.717, 1.165) is 22.4 Å². The summed E-state index contributed by atoms with van der Waals surface area (Å²) in [6.07, 6.45) is -0.0319. The number of nitrogens with zero attached hydrogens (tertiary/aromatic N) is 2. The number of β-lactam (4-membered cyclic amide) rings is 2. The number of ether oxygens (including phenoxy) is 1. The zero-order valence-electron chi connectivity index (χ0n) is 39.0. The second-order valence-corrected chi connectivity index (χ2v) is 64.1. The molecule has 0 bridgehead atoms. The van der Waals surface area contributed by atoms with Crippen LogP contribution in [0.25, 0.3) is 0 Å². The molecule has 0 spiro atoms. The summed E-state index contributed by atoms with van der Waals surface area (Å²) in [6, 6.07) is 46.6. The molecule has 0 aliphatic carbocycles. The average molecular weight is 1650 g/mol. The van der Waals surface area contributed by atoms with Gasteiger partial charge in [0.1, 0.15) is 41.4 Å². The van der Waals surface area contributed by atoms with E-state index in [4.69, 9.17) is 4.74 Å². The van der Waals surface area contributed by atoms with Crippen molar-refractivity contribution in [1.82, 2.24) is 0 Å². The van der Waals surface area contributed by atoms with Crippen LogP contribution in [0.4, 0.5) is 28.9 Å². The van der Waals surface area contributed by atoms with E-state index in [-0.39, 0.29) is 69.7 Å². The number of aliphatic hydroxyl groups is 2. The first-order chi connectivity index (χ1) is 35.6. The molecule has 0 aromatic heterocycles. The molecule has 2 aliphatic rings. The summed E-state index contributed by atoms with van der Waals surface area (Å²) < 4.78 is 59.1. The predicted octanol–water partition coefficient (Wildman–Crippen LogP) is 16.1. The molecule has 387 valence electrons. The van der Waals surface area contributed by atoms with Gasteiger partial charge >= 0.3 is 114 Å². The fourth-order valence-electron chi connectivity index (χ4n) is 8.75. The van der Waals surface area contributed by atoms with Gasteiger partial charge in [0.2, 0.25) is 11.8 Å². The number of aliphatic hydroxyl groups excluding tert-OH is 2. The van der Waals surface area contributed by atoms with E-state index >= 15 is 0 Å². The molecule has 74 heavy (non-hydrogen) atoms. The van der Waals surface area contributed by atoms with Crippen molar-refractivity contribution < 1.29 is 61.6 Å². The first-order valence-corrected chi connectivity index (χ1v) is 45.4. The molecule has 7 aromatic rings. The molecule has 0 unspecified atom stereocenters.